The van der Waals surface area contributed by atoms with Crippen LogP contribution < -0.4 is 0 Å². The Morgan fingerprint density at radius 1 is 1.00 bits per heavy atom. The van der Waals surface area contributed by atoms with E-state index in [-0.39, 0.29) is 11.8 Å². The summed E-state index contributed by atoms with van der Waals surface area (Å²) in [6, 6.07) is 22.5. The Kier molecular flexibility index (Phi) is 7.15. The summed E-state index contributed by atoms with van der Waals surface area (Å²) in [6.07, 6.45) is 4.49. The second-order valence-electron chi connectivity index (χ2n) is 10.7. The largest absolute Gasteiger partial charge is 0.494 e. The summed E-state index contributed by atoms with van der Waals surface area (Å²) >= 11 is 0. The van der Waals surface area contributed by atoms with Crippen molar-refractivity contribution in [2.45, 2.75) is 19.3 Å². The van der Waals surface area contributed by atoms with Gasteiger partial charge in [0.1, 0.15) is 0 Å². The lowest BCUT2D eigenvalue weighted by Gasteiger charge is -2.28. The molecule has 1 aliphatic heterocycles. The molecular formula is C33H32N4O4. The number of fused-ring (bicyclic) bond motifs is 2. The van der Waals surface area contributed by atoms with Crippen molar-refractivity contribution in [2.75, 3.05) is 27.2 Å². The number of piperidine rings is 1. The molecule has 0 amide bonds. The molecule has 0 unspecified atom stereocenters. The molecule has 8 heteroatoms. The number of hydrogen-bond acceptors (Lipinski definition) is 6. The number of carbonyl (C=O) groups excluding carboxylic acids is 2. The van der Waals surface area contributed by atoms with Gasteiger partial charge in [0.25, 0.3) is 0 Å². The van der Waals surface area contributed by atoms with Gasteiger partial charge in [-0.15, -0.1) is 0 Å². The van der Waals surface area contributed by atoms with Crippen molar-refractivity contribution < 1.29 is 19.4 Å². The number of benzene rings is 3. The van der Waals surface area contributed by atoms with Crippen LogP contribution in [0.15, 0.2) is 84.0 Å². The zero-order valence-electron chi connectivity index (χ0n) is 23.1. The fourth-order valence-corrected chi connectivity index (χ4v) is 5.69. The Labute approximate surface area is 237 Å². The fourth-order valence-electron chi connectivity index (χ4n) is 5.69. The third-order valence-corrected chi connectivity index (χ3v) is 7.97. The smallest absolute Gasteiger partial charge is 0.337 e. The van der Waals surface area contributed by atoms with Gasteiger partial charge in [0.05, 0.1) is 35.2 Å². The molecule has 1 saturated heterocycles. The number of aliphatic imine (C=N–C) groups is 1. The molecule has 3 heterocycles. The van der Waals surface area contributed by atoms with Crippen LogP contribution in [0.2, 0.25) is 0 Å². The van der Waals surface area contributed by atoms with Gasteiger partial charge < -0.3 is 19.7 Å². The molecule has 0 aliphatic carbocycles. The number of aromatic nitrogens is 2. The van der Waals surface area contributed by atoms with Crippen LogP contribution in [0.1, 0.15) is 45.5 Å². The molecule has 0 saturated carbocycles. The monoisotopic (exact) mass is 548 g/mol. The van der Waals surface area contributed by atoms with Crippen LogP contribution in [-0.4, -0.2) is 64.4 Å². The van der Waals surface area contributed by atoms with Crippen molar-refractivity contribution in [1.82, 2.24) is 14.5 Å². The van der Waals surface area contributed by atoms with E-state index in [4.69, 9.17) is 9.73 Å². The van der Waals surface area contributed by atoms with Gasteiger partial charge in [-0.2, -0.15) is 0 Å². The molecule has 0 spiro atoms. The topological polar surface area (TPSA) is 99.9 Å². The van der Waals surface area contributed by atoms with Crippen LogP contribution >= 0.6 is 0 Å². The summed E-state index contributed by atoms with van der Waals surface area (Å²) in [4.78, 5) is 35.5. The van der Waals surface area contributed by atoms with E-state index in [2.05, 4.69) is 16.9 Å². The number of aromatic hydroxyl groups is 1. The number of H-pyrrole nitrogens is 1. The summed E-state index contributed by atoms with van der Waals surface area (Å²) in [5, 5.41) is 12.7. The Morgan fingerprint density at radius 2 is 1.78 bits per heavy atom. The highest BCUT2D eigenvalue weighted by atomic mass is 16.5. The molecule has 41 heavy (non-hydrogen) atoms. The molecule has 3 aromatic carbocycles. The van der Waals surface area contributed by atoms with E-state index in [0.717, 1.165) is 47.8 Å². The normalized spacial score (nSPS) is 15.0. The van der Waals surface area contributed by atoms with Crippen LogP contribution in [0.5, 0.6) is 5.88 Å². The second kappa shape index (κ2) is 11.1. The molecule has 8 nitrogen and oxygen atoms in total. The Hall–Kier alpha value is -4.69. The van der Waals surface area contributed by atoms with Crippen LogP contribution in [-0.2, 0) is 4.74 Å². The quantitative estimate of drug-likeness (QED) is 0.196. The minimum Gasteiger partial charge on any atom is -0.494 e. The zero-order valence-corrected chi connectivity index (χ0v) is 23.1. The zero-order chi connectivity index (χ0) is 28.5. The first kappa shape index (κ1) is 26.5. The van der Waals surface area contributed by atoms with Gasteiger partial charge in [0.2, 0.25) is 5.91 Å². The molecule has 0 bridgehead atoms. The Balaban J connectivity index is 1.37. The van der Waals surface area contributed by atoms with E-state index in [1.165, 1.54) is 7.11 Å². The van der Waals surface area contributed by atoms with Crippen LogP contribution in [0.4, 0.5) is 5.69 Å². The Bertz CT molecular complexity index is 1780. The highest BCUT2D eigenvalue weighted by Gasteiger charge is 2.22. The summed E-state index contributed by atoms with van der Waals surface area (Å²) in [6.45, 7) is 2.07. The van der Waals surface area contributed by atoms with Crippen LogP contribution in [0.3, 0.4) is 0 Å². The van der Waals surface area contributed by atoms with Gasteiger partial charge >= 0.3 is 5.97 Å². The van der Waals surface area contributed by atoms with Gasteiger partial charge in [-0.25, -0.2) is 9.79 Å². The fraction of sp³-hybridized carbons (Fsp3) is 0.242. The van der Waals surface area contributed by atoms with Crippen molar-refractivity contribution in [3.05, 3.63) is 95.7 Å². The van der Waals surface area contributed by atoms with Gasteiger partial charge in [-0.1, -0.05) is 36.4 Å². The van der Waals surface area contributed by atoms with E-state index in [1.807, 2.05) is 60.8 Å². The Morgan fingerprint density at radius 3 is 2.54 bits per heavy atom. The van der Waals surface area contributed by atoms with Gasteiger partial charge in [0, 0.05) is 34.5 Å². The highest BCUT2D eigenvalue weighted by Crippen LogP contribution is 2.33. The van der Waals surface area contributed by atoms with E-state index in [0.29, 0.717) is 40.4 Å². The van der Waals surface area contributed by atoms with Crippen LogP contribution in [0.25, 0.3) is 21.8 Å². The van der Waals surface area contributed by atoms with E-state index in [1.54, 1.807) is 22.8 Å². The molecule has 2 aromatic heterocycles. The number of esters is 1. The van der Waals surface area contributed by atoms with Crippen molar-refractivity contribution in [2.24, 2.45) is 10.9 Å². The standard InChI is InChI=1S/C33H32N4O4/c1-36-15-12-21(13-16-36)18-29(38)37-17-14-23-19-25(9-11-28(23)37)34-31(22-6-4-3-5-7-22)30-26-10-8-24(33(40)41-2)20-27(26)35-32(30)39/h3-11,14,17,19-21,35,39H,12-13,15-16,18H2,1-2H3. The molecule has 1 fully saturated rings. The number of rotatable bonds is 6. The summed E-state index contributed by atoms with van der Waals surface area (Å²) in [7, 11) is 3.46. The SMILES string of the molecule is COC(=O)c1ccc2c(C(=Nc3ccc4c(ccn4C(=O)CC4CCN(C)CC4)c3)c3ccccc3)c(O)[nH]c2c1. The number of methoxy groups -OCH3 is 1. The van der Waals surface area contributed by atoms with E-state index in [9.17, 15) is 14.7 Å². The van der Waals surface area contributed by atoms with Crippen molar-refractivity contribution in [1.29, 1.82) is 0 Å². The van der Waals surface area contributed by atoms with Gasteiger partial charge in [-0.3, -0.25) is 9.36 Å². The van der Waals surface area contributed by atoms with Crippen molar-refractivity contribution in [3.63, 3.8) is 0 Å². The number of carbonyl (C=O) groups is 2. The molecule has 0 atom stereocenters. The second-order valence-corrected chi connectivity index (χ2v) is 10.7. The lowest BCUT2D eigenvalue weighted by Crippen LogP contribution is -2.31. The van der Waals surface area contributed by atoms with Crippen molar-refractivity contribution in [3.8, 4) is 5.88 Å². The number of nitrogens with one attached hydrogen (secondary N) is 1. The molecule has 2 N–H and O–H groups in total. The maximum atomic E-state index is 13.2. The molecule has 5 aromatic rings. The van der Waals surface area contributed by atoms with Crippen molar-refractivity contribution >= 4 is 45.1 Å². The average molecular weight is 549 g/mol. The molecule has 6 rings (SSSR count). The van der Waals surface area contributed by atoms with Crippen LogP contribution in [0, 0.1) is 5.92 Å². The minimum atomic E-state index is -0.454. The minimum absolute atomic E-state index is 0.0450. The predicted molar refractivity (Wildman–Crippen MR) is 160 cm³/mol. The highest BCUT2D eigenvalue weighted by molar-refractivity contribution is 6.22. The summed E-state index contributed by atoms with van der Waals surface area (Å²) < 4.78 is 6.60. The number of likely N-dealkylation sites (tertiary alicyclic amines) is 1. The molecular weight excluding hydrogens is 516 g/mol. The molecule has 208 valence electrons. The summed E-state index contributed by atoms with van der Waals surface area (Å²) in [5.41, 5.74) is 4.47. The molecule has 1 aliphatic rings. The molecule has 0 radical (unpaired) electrons. The predicted octanol–water partition coefficient (Wildman–Crippen LogP) is 6.16. The number of ether oxygens (including phenoxy) is 1. The third-order valence-electron chi connectivity index (χ3n) is 7.97. The van der Waals surface area contributed by atoms with Gasteiger partial charge in [0.15, 0.2) is 5.88 Å². The first-order chi connectivity index (χ1) is 19.9. The van der Waals surface area contributed by atoms with E-state index >= 15 is 0 Å². The maximum Gasteiger partial charge on any atom is 0.337 e. The average Bonchev–Trinajstić information content (AvgIpc) is 3.56. The number of hydrogen-bond donors (Lipinski definition) is 2. The first-order valence-corrected chi connectivity index (χ1v) is 13.8. The summed E-state index contributed by atoms with van der Waals surface area (Å²) in [5.74, 6) is 0.0349. The lowest BCUT2D eigenvalue weighted by molar-refractivity contribution is 0.0600. The number of nitrogens with zero attached hydrogens (tertiary/aromatic N) is 3. The lowest BCUT2D eigenvalue weighted by atomic mass is 9.93. The third kappa shape index (κ3) is 5.26. The number of aromatic amines is 1. The van der Waals surface area contributed by atoms with E-state index < -0.39 is 5.97 Å². The maximum absolute atomic E-state index is 13.2. The first-order valence-electron chi connectivity index (χ1n) is 13.8. The van der Waals surface area contributed by atoms with Gasteiger partial charge in [-0.05, 0) is 75.3 Å².